The van der Waals surface area contributed by atoms with Crippen molar-refractivity contribution in [2.75, 3.05) is 13.2 Å². The van der Waals surface area contributed by atoms with Crippen LogP contribution in [0.4, 0.5) is 4.39 Å². The van der Waals surface area contributed by atoms with Gasteiger partial charge in [0.1, 0.15) is 5.82 Å². The minimum atomic E-state index is -0.218. The van der Waals surface area contributed by atoms with Crippen LogP contribution in [0.25, 0.3) is 0 Å². The standard InChI is InChI=1S/C14H21BrFNO/c1-4-17-13(9-18-10(2)3)7-11-5-6-12(16)8-14(11)15/h5-6,8,10,13,17H,4,7,9H2,1-3H3. The van der Waals surface area contributed by atoms with E-state index in [0.717, 1.165) is 23.0 Å². The second-order valence-electron chi connectivity index (χ2n) is 4.58. The first-order valence-electron chi connectivity index (χ1n) is 6.31. The Morgan fingerprint density at radius 2 is 2.11 bits per heavy atom. The lowest BCUT2D eigenvalue weighted by Crippen LogP contribution is -2.36. The first-order valence-corrected chi connectivity index (χ1v) is 7.11. The van der Waals surface area contributed by atoms with Gasteiger partial charge < -0.3 is 10.1 Å². The van der Waals surface area contributed by atoms with Gasteiger partial charge >= 0.3 is 0 Å². The van der Waals surface area contributed by atoms with Gasteiger partial charge in [-0.1, -0.05) is 28.9 Å². The van der Waals surface area contributed by atoms with E-state index in [1.807, 2.05) is 19.9 Å². The van der Waals surface area contributed by atoms with Gasteiger partial charge in [0.05, 0.1) is 12.7 Å². The van der Waals surface area contributed by atoms with Crippen LogP contribution in [-0.2, 0) is 11.2 Å². The molecular weight excluding hydrogens is 297 g/mol. The van der Waals surface area contributed by atoms with E-state index in [2.05, 4.69) is 28.2 Å². The Morgan fingerprint density at radius 3 is 2.67 bits per heavy atom. The maximum atomic E-state index is 13.0. The maximum Gasteiger partial charge on any atom is 0.124 e. The van der Waals surface area contributed by atoms with Crippen LogP contribution in [0.15, 0.2) is 22.7 Å². The van der Waals surface area contributed by atoms with Crippen LogP contribution in [0.5, 0.6) is 0 Å². The Morgan fingerprint density at radius 1 is 1.39 bits per heavy atom. The van der Waals surface area contributed by atoms with E-state index in [0.29, 0.717) is 6.61 Å². The molecule has 0 aromatic heterocycles. The molecule has 1 unspecified atom stereocenters. The third-order valence-corrected chi connectivity index (χ3v) is 3.34. The third kappa shape index (κ3) is 5.46. The van der Waals surface area contributed by atoms with Crippen molar-refractivity contribution < 1.29 is 9.13 Å². The lowest BCUT2D eigenvalue weighted by molar-refractivity contribution is 0.0615. The molecule has 102 valence electrons. The molecule has 1 aromatic rings. The van der Waals surface area contributed by atoms with Gasteiger partial charge in [-0.2, -0.15) is 0 Å². The van der Waals surface area contributed by atoms with E-state index in [4.69, 9.17) is 4.74 Å². The molecule has 0 saturated heterocycles. The van der Waals surface area contributed by atoms with Crippen LogP contribution in [0.3, 0.4) is 0 Å². The summed E-state index contributed by atoms with van der Waals surface area (Å²) in [5.41, 5.74) is 1.09. The summed E-state index contributed by atoms with van der Waals surface area (Å²) in [6.07, 6.45) is 1.05. The quantitative estimate of drug-likeness (QED) is 0.830. The van der Waals surface area contributed by atoms with Crippen LogP contribution in [0.1, 0.15) is 26.3 Å². The number of hydrogen-bond acceptors (Lipinski definition) is 2. The fourth-order valence-electron chi connectivity index (χ4n) is 1.74. The molecule has 0 saturated carbocycles. The average molecular weight is 318 g/mol. The first kappa shape index (κ1) is 15.6. The van der Waals surface area contributed by atoms with Gasteiger partial charge in [0.25, 0.3) is 0 Å². The van der Waals surface area contributed by atoms with Crippen molar-refractivity contribution >= 4 is 15.9 Å². The summed E-state index contributed by atoms with van der Waals surface area (Å²) in [6.45, 7) is 7.68. The largest absolute Gasteiger partial charge is 0.377 e. The first-order chi connectivity index (χ1) is 8.52. The van der Waals surface area contributed by atoms with Crippen molar-refractivity contribution in [1.29, 1.82) is 0 Å². The highest BCUT2D eigenvalue weighted by molar-refractivity contribution is 9.10. The van der Waals surface area contributed by atoms with Crippen molar-refractivity contribution in [3.05, 3.63) is 34.1 Å². The van der Waals surface area contributed by atoms with Crippen molar-refractivity contribution in [1.82, 2.24) is 5.32 Å². The lowest BCUT2D eigenvalue weighted by Gasteiger charge is -2.20. The van der Waals surface area contributed by atoms with E-state index in [9.17, 15) is 4.39 Å². The topological polar surface area (TPSA) is 21.3 Å². The van der Waals surface area contributed by atoms with Gasteiger partial charge in [-0.05, 0) is 44.5 Å². The SMILES string of the molecule is CCNC(COC(C)C)Cc1ccc(F)cc1Br. The predicted molar refractivity (Wildman–Crippen MR) is 76.4 cm³/mol. The number of nitrogens with one attached hydrogen (secondary N) is 1. The third-order valence-electron chi connectivity index (χ3n) is 2.60. The van der Waals surface area contributed by atoms with Gasteiger partial charge in [-0.3, -0.25) is 0 Å². The minimum Gasteiger partial charge on any atom is -0.377 e. The van der Waals surface area contributed by atoms with E-state index in [1.165, 1.54) is 12.1 Å². The molecular formula is C14H21BrFNO. The predicted octanol–water partition coefficient (Wildman–Crippen LogP) is 3.53. The fraction of sp³-hybridized carbons (Fsp3) is 0.571. The highest BCUT2D eigenvalue weighted by atomic mass is 79.9. The van der Waals surface area contributed by atoms with Gasteiger partial charge in [0.2, 0.25) is 0 Å². The van der Waals surface area contributed by atoms with Crippen LogP contribution in [0.2, 0.25) is 0 Å². The summed E-state index contributed by atoms with van der Waals surface area (Å²) in [5, 5.41) is 3.39. The molecule has 2 nitrogen and oxygen atoms in total. The molecule has 0 amide bonds. The number of halogens is 2. The van der Waals surface area contributed by atoms with Gasteiger partial charge in [-0.25, -0.2) is 4.39 Å². The van der Waals surface area contributed by atoms with E-state index in [-0.39, 0.29) is 18.0 Å². The molecule has 0 aliphatic rings. The molecule has 0 bridgehead atoms. The molecule has 0 radical (unpaired) electrons. The van der Waals surface area contributed by atoms with Crippen molar-refractivity contribution in [3.8, 4) is 0 Å². The van der Waals surface area contributed by atoms with E-state index in [1.54, 1.807) is 0 Å². The summed E-state index contributed by atoms with van der Waals surface area (Å²) in [5.74, 6) is -0.218. The maximum absolute atomic E-state index is 13.0. The molecule has 0 aliphatic carbocycles. The molecule has 1 N–H and O–H groups in total. The van der Waals surface area contributed by atoms with Crippen molar-refractivity contribution in [2.45, 2.75) is 39.3 Å². The Labute approximate surface area is 117 Å². The number of likely N-dealkylation sites (N-methyl/N-ethyl adjacent to an activating group) is 1. The Bertz CT molecular complexity index is 371. The summed E-state index contributed by atoms with van der Waals surface area (Å²) in [6, 6.07) is 5.06. The number of rotatable bonds is 7. The smallest absolute Gasteiger partial charge is 0.124 e. The highest BCUT2D eigenvalue weighted by Gasteiger charge is 2.12. The van der Waals surface area contributed by atoms with E-state index >= 15 is 0 Å². The monoisotopic (exact) mass is 317 g/mol. The zero-order valence-corrected chi connectivity index (χ0v) is 12.8. The molecule has 18 heavy (non-hydrogen) atoms. The minimum absolute atomic E-state index is 0.218. The summed E-state index contributed by atoms with van der Waals surface area (Å²) >= 11 is 3.40. The number of hydrogen-bond donors (Lipinski definition) is 1. The second-order valence-corrected chi connectivity index (χ2v) is 5.43. The molecule has 1 rings (SSSR count). The van der Waals surface area contributed by atoms with Crippen LogP contribution >= 0.6 is 15.9 Å². The van der Waals surface area contributed by atoms with Crippen molar-refractivity contribution in [3.63, 3.8) is 0 Å². The molecule has 4 heteroatoms. The van der Waals surface area contributed by atoms with Gasteiger partial charge in [-0.15, -0.1) is 0 Å². The number of benzene rings is 1. The van der Waals surface area contributed by atoms with Gasteiger partial charge in [0, 0.05) is 10.5 Å². The Balaban J connectivity index is 2.64. The Kier molecular flexibility index (Phi) is 6.82. The molecule has 0 spiro atoms. The summed E-state index contributed by atoms with van der Waals surface area (Å²) < 4.78 is 19.5. The fourth-order valence-corrected chi connectivity index (χ4v) is 2.25. The molecule has 0 heterocycles. The summed E-state index contributed by atoms with van der Waals surface area (Å²) in [7, 11) is 0. The number of ether oxygens (including phenoxy) is 1. The zero-order valence-electron chi connectivity index (χ0n) is 11.2. The average Bonchev–Trinajstić information content (AvgIpc) is 2.29. The zero-order chi connectivity index (χ0) is 13.5. The van der Waals surface area contributed by atoms with E-state index < -0.39 is 0 Å². The molecule has 0 aliphatic heterocycles. The summed E-state index contributed by atoms with van der Waals surface area (Å²) in [4.78, 5) is 0. The Hall–Kier alpha value is -0.450. The van der Waals surface area contributed by atoms with Crippen LogP contribution in [-0.4, -0.2) is 25.3 Å². The van der Waals surface area contributed by atoms with Crippen LogP contribution < -0.4 is 5.32 Å². The van der Waals surface area contributed by atoms with Crippen LogP contribution in [0, 0.1) is 5.82 Å². The molecule has 1 atom stereocenters. The molecule has 1 aromatic carbocycles. The van der Waals surface area contributed by atoms with Gasteiger partial charge in [0.15, 0.2) is 0 Å². The highest BCUT2D eigenvalue weighted by Crippen LogP contribution is 2.19. The van der Waals surface area contributed by atoms with Crippen molar-refractivity contribution in [2.24, 2.45) is 0 Å². The second kappa shape index (κ2) is 7.87. The molecule has 0 fully saturated rings. The normalized spacial score (nSPS) is 13.0. The lowest BCUT2D eigenvalue weighted by atomic mass is 10.1.